The summed E-state index contributed by atoms with van der Waals surface area (Å²) in [5.41, 5.74) is 2.40. The molecule has 4 aromatic rings. The van der Waals surface area contributed by atoms with Crippen molar-refractivity contribution >= 4 is 44.1 Å². The normalized spacial score (nSPS) is 12.4. The summed E-state index contributed by atoms with van der Waals surface area (Å²) < 4.78 is 26.6. The molecule has 1 aromatic carbocycles. The molecule has 0 spiro atoms. The smallest absolute Gasteiger partial charge is 0.285 e. The van der Waals surface area contributed by atoms with Gasteiger partial charge in [-0.1, -0.05) is 17.7 Å². The lowest BCUT2D eigenvalue weighted by atomic mass is 10.0. The largest absolute Gasteiger partial charge is 0.377 e. The first-order chi connectivity index (χ1) is 17.3. The third kappa shape index (κ3) is 5.59. The Bertz CT molecular complexity index is 1700. The van der Waals surface area contributed by atoms with Crippen molar-refractivity contribution in [3.8, 4) is 11.4 Å². The Kier molecular flexibility index (Phi) is 6.98. The zero-order valence-electron chi connectivity index (χ0n) is 20.7. The van der Waals surface area contributed by atoms with Crippen molar-refractivity contribution in [1.82, 2.24) is 29.2 Å². The minimum Gasteiger partial charge on any atom is -0.377 e. The van der Waals surface area contributed by atoms with Gasteiger partial charge in [0.25, 0.3) is 11.5 Å². The average Bonchev–Trinajstić information content (AvgIpc) is 2.82. The number of sulfonamides is 1. The predicted octanol–water partition coefficient (Wildman–Crippen LogP) is 2.92. The molecule has 13 heteroatoms. The van der Waals surface area contributed by atoms with E-state index in [0.717, 1.165) is 11.8 Å². The molecule has 0 saturated carbocycles. The maximum absolute atomic E-state index is 13.3. The number of aromatic nitrogens is 5. The van der Waals surface area contributed by atoms with Crippen molar-refractivity contribution in [1.29, 1.82) is 0 Å². The van der Waals surface area contributed by atoms with E-state index in [-0.39, 0.29) is 22.1 Å². The second kappa shape index (κ2) is 9.87. The molecular formula is C24H24ClN7O4S. The number of hydrogen-bond acceptors (Lipinski definition) is 9. The molecule has 1 atom stereocenters. The SMILES string of the molecule is Cc1cc([C@@H](C)Nc2ccc(Cl)nc2C(=O)NS(C)(=O)=O)c2nc(-c3cnc(C)nc3)n(C)c(=O)c2c1. The first-order valence-electron chi connectivity index (χ1n) is 11.1. The Balaban J connectivity index is 1.83. The van der Waals surface area contributed by atoms with Gasteiger partial charge in [-0.25, -0.2) is 33.1 Å². The zero-order valence-corrected chi connectivity index (χ0v) is 22.3. The number of hydrogen-bond donors (Lipinski definition) is 2. The topological polar surface area (TPSA) is 149 Å². The van der Waals surface area contributed by atoms with Crippen molar-refractivity contribution in [2.45, 2.75) is 26.8 Å². The summed E-state index contributed by atoms with van der Waals surface area (Å²) in [6.07, 6.45) is 4.09. The minimum absolute atomic E-state index is 0.0213. The number of halogens is 1. The van der Waals surface area contributed by atoms with Crippen LogP contribution in [0.3, 0.4) is 0 Å². The number of pyridine rings is 1. The van der Waals surface area contributed by atoms with Crippen LogP contribution in [-0.4, -0.2) is 45.1 Å². The average molecular weight is 542 g/mol. The van der Waals surface area contributed by atoms with E-state index in [0.29, 0.717) is 33.7 Å². The van der Waals surface area contributed by atoms with Crippen LogP contribution in [0.2, 0.25) is 5.15 Å². The number of nitrogens with zero attached hydrogens (tertiary/aromatic N) is 5. The number of benzene rings is 1. The summed E-state index contributed by atoms with van der Waals surface area (Å²) >= 11 is 5.98. The maximum Gasteiger partial charge on any atom is 0.285 e. The second-order valence-electron chi connectivity index (χ2n) is 8.67. The molecule has 0 fully saturated rings. The standard InChI is InChI=1S/C24H24ClN7O4S/c1-12-8-16(13(2)28-18-6-7-19(25)29-21(18)23(33)31-37(5,35)36)20-17(9-12)24(34)32(4)22(30-20)15-10-26-14(3)27-11-15/h6-11,13,28H,1-5H3,(H,31,33)/t13-/m1/s1. The Morgan fingerprint density at radius 3 is 2.43 bits per heavy atom. The molecule has 0 radical (unpaired) electrons. The number of aryl methyl sites for hydroxylation is 2. The zero-order chi connectivity index (χ0) is 27.1. The van der Waals surface area contributed by atoms with E-state index in [1.165, 1.54) is 16.7 Å². The molecule has 0 aliphatic heterocycles. The molecular weight excluding hydrogens is 518 g/mol. The molecule has 1 amide bonds. The fourth-order valence-corrected chi connectivity index (χ4v) is 4.48. The van der Waals surface area contributed by atoms with Crippen molar-refractivity contribution in [2.75, 3.05) is 11.6 Å². The van der Waals surface area contributed by atoms with Gasteiger partial charge >= 0.3 is 0 Å². The van der Waals surface area contributed by atoms with Gasteiger partial charge in [0.2, 0.25) is 10.0 Å². The van der Waals surface area contributed by atoms with Crippen molar-refractivity contribution in [3.05, 3.63) is 74.8 Å². The van der Waals surface area contributed by atoms with Gasteiger partial charge in [-0.3, -0.25) is 14.2 Å². The lowest BCUT2D eigenvalue weighted by Gasteiger charge is -2.20. The number of fused-ring (bicyclic) bond motifs is 1. The summed E-state index contributed by atoms with van der Waals surface area (Å²) in [4.78, 5) is 43.2. The van der Waals surface area contributed by atoms with Crippen LogP contribution in [-0.2, 0) is 17.1 Å². The lowest BCUT2D eigenvalue weighted by Crippen LogP contribution is -2.31. The van der Waals surface area contributed by atoms with Crippen LogP contribution in [0.5, 0.6) is 0 Å². The van der Waals surface area contributed by atoms with Gasteiger partial charge in [0.05, 0.1) is 34.5 Å². The Morgan fingerprint density at radius 2 is 1.78 bits per heavy atom. The van der Waals surface area contributed by atoms with Crippen molar-refractivity contribution < 1.29 is 13.2 Å². The summed E-state index contributed by atoms with van der Waals surface area (Å²) in [5.74, 6) is 0.0644. The van der Waals surface area contributed by atoms with Crippen LogP contribution in [0, 0.1) is 13.8 Å². The van der Waals surface area contributed by atoms with Crippen LogP contribution >= 0.6 is 11.6 Å². The van der Waals surface area contributed by atoms with E-state index >= 15 is 0 Å². The summed E-state index contributed by atoms with van der Waals surface area (Å²) in [5, 5.41) is 3.64. The van der Waals surface area contributed by atoms with Gasteiger partial charge in [0.1, 0.15) is 16.8 Å². The Morgan fingerprint density at radius 1 is 1.11 bits per heavy atom. The molecule has 0 bridgehead atoms. The molecule has 3 heterocycles. The third-order valence-electron chi connectivity index (χ3n) is 5.59. The molecule has 11 nitrogen and oxygen atoms in total. The quantitative estimate of drug-likeness (QED) is 0.351. The number of rotatable bonds is 6. The fourth-order valence-electron chi connectivity index (χ4n) is 3.90. The molecule has 0 unspecified atom stereocenters. The summed E-state index contributed by atoms with van der Waals surface area (Å²) in [6.45, 7) is 5.46. The lowest BCUT2D eigenvalue weighted by molar-refractivity contribution is 0.0977. The minimum atomic E-state index is -3.83. The monoisotopic (exact) mass is 541 g/mol. The van der Waals surface area contributed by atoms with Crippen LogP contribution in [0.25, 0.3) is 22.3 Å². The first-order valence-corrected chi connectivity index (χ1v) is 13.4. The number of anilines is 1. The molecule has 4 rings (SSSR count). The molecule has 0 aliphatic carbocycles. The van der Waals surface area contributed by atoms with E-state index < -0.39 is 22.0 Å². The number of amides is 1. The van der Waals surface area contributed by atoms with Gasteiger partial charge in [0.15, 0.2) is 5.69 Å². The molecule has 0 aliphatic rings. The van der Waals surface area contributed by atoms with E-state index in [2.05, 4.69) is 20.3 Å². The van der Waals surface area contributed by atoms with E-state index in [4.69, 9.17) is 16.6 Å². The van der Waals surface area contributed by atoms with E-state index in [9.17, 15) is 18.0 Å². The molecule has 37 heavy (non-hydrogen) atoms. The van der Waals surface area contributed by atoms with Crippen molar-refractivity contribution in [2.24, 2.45) is 7.05 Å². The highest BCUT2D eigenvalue weighted by Crippen LogP contribution is 2.29. The molecule has 2 N–H and O–H groups in total. The Labute approximate surface area is 218 Å². The van der Waals surface area contributed by atoms with Crippen LogP contribution < -0.4 is 15.6 Å². The van der Waals surface area contributed by atoms with Crippen LogP contribution in [0.4, 0.5) is 5.69 Å². The van der Waals surface area contributed by atoms with Crippen molar-refractivity contribution in [3.63, 3.8) is 0 Å². The second-order valence-corrected chi connectivity index (χ2v) is 10.8. The number of carbonyl (C=O) groups is 1. The molecule has 192 valence electrons. The fraction of sp³-hybridized carbons (Fsp3) is 0.250. The van der Waals surface area contributed by atoms with E-state index in [1.54, 1.807) is 32.4 Å². The maximum atomic E-state index is 13.3. The molecule has 0 saturated heterocycles. The van der Waals surface area contributed by atoms with Crippen LogP contribution in [0.1, 0.15) is 40.4 Å². The van der Waals surface area contributed by atoms with E-state index in [1.807, 2.05) is 24.6 Å². The Hall–Kier alpha value is -3.90. The molecule has 3 aromatic heterocycles. The third-order valence-corrected chi connectivity index (χ3v) is 6.35. The summed E-state index contributed by atoms with van der Waals surface area (Å²) in [7, 11) is -2.19. The number of carbonyl (C=O) groups excluding carboxylic acids is 1. The first kappa shape index (κ1) is 26.2. The van der Waals surface area contributed by atoms with Gasteiger partial charge < -0.3 is 5.32 Å². The highest BCUT2D eigenvalue weighted by atomic mass is 35.5. The number of nitrogens with one attached hydrogen (secondary N) is 2. The predicted molar refractivity (Wildman–Crippen MR) is 141 cm³/mol. The van der Waals surface area contributed by atoms with Gasteiger partial charge in [-0.2, -0.15) is 0 Å². The van der Waals surface area contributed by atoms with Gasteiger partial charge in [0, 0.05) is 25.0 Å². The van der Waals surface area contributed by atoms with Gasteiger partial charge in [-0.15, -0.1) is 0 Å². The van der Waals surface area contributed by atoms with Gasteiger partial charge in [-0.05, 0) is 44.5 Å². The highest BCUT2D eigenvalue weighted by Gasteiger charge is 2.22. The summed E-state index contributed by atoms with van der Waals surface area (Å²) in [6, 6.07) is 6.19. The van der Waals surface area contributed by atoms with Crippen LogP contribution in [0.15, 0.2) is 41.5 Å². The highest BCUT2D eigenvalue weighted by molar-refractivity contribution is 7.89.